The van der Waals surface area contributed by atoms with Gasteiger partial charge in [-0.1, -0.05) is 84.0 Å². The van der Waals surface area contributed by atoms with Gasteiger partial charge >= 0.3 is 0 Å². The zero-order valence-corrected chi connectivity index (χ0v) is 16.3. The van der Waals surface area contributed by atoms with Gasteiger partial charge in [-0.05, 0) is 6.42 Å². The summed E-state index contributed by atoms with van der Waals surface area (Å²) in [7, 11) is 0. The van der Waals surface area contributed by atoms with E-state index in [1.807, 2.05) is 11.8 Å². The quantitative estimate of drug-likeness (QED) is 0.359. The SMILES string of the molecule is CCCCCCCCCCCCCCCC(=O)N1CCSCC1. The summed E-state index contributed by atoms with van der Waals surface area (Å²) in [5.74, 6) is 2.66. The molecular formula is C20H39NOS. The minimum Gasteiger partial charge on any atom is -0.341 e. The van der Waals surface area contributed by atoms with E-state index in [1.165, 1.54) is 77.0 Å². The molecule has 1 rings (SSSR count). The first-order valence-electron chi connectivity index (χ1n) is 10.2. The summed E-state index contributed by atoms with van der Waals surface area (Å²) in [5.41, 5.74) is 0. The average molecular weight is 342 g/mol. The summed E-state index contributed by atoms with van der Waals surface area (Å²) in [6.45, 7) is 4.23. The van der Waals surface area contributed by atoms with Gasteiger partial charge in [-0.25, -0.2) is 0 Å². The van der Waals surface area contributed by atoms with E-state index in [0.717, 1.165) is 37.4 Å². The molecule has 1 aliphatic heterocycles. The number of carbonyl (C=O) groups excluding carboxylic acids is 1. The van der Waals surface area contributed by atoms with Crippen molar-refractivity contribution >= 4 is 17.7 Å². The highest BCUT2D eigenvalue weighted by Gasteiger charge is 2.15. The van der Waals surface area contributed by atoms with Gasteiger partial charge in [0.2, 0.25) is 5.91 Å². The van der Waals surface area contributed by atoms with Crippen molar-refractivity contribution in [3.8, 4) is 0 Å². The van der Waals surface area contributed by atoms with E-state index in [-0.39, 0.29) is 0 Å². The number of unbranched alkanes of at least 4 members (excludes halogenated alkanes) is 12. The maximum Gasteiger partial charge on any atom is 0.222 e. The molecule has 0 aromatic carbocycles. The number of hydrogen-bond donors (Lipinski definition) is 0. The number of thioether (sulfide) groups is 1. The number of nitrogens with zero attached hydrogens (tertiary/aromatic N) is 1. The van der Waals surface area contributed by atoms with Crippen LogP contribution in [0, 0.1) is 0 Å². The predicted molar refractivity (Wildman–Crippen MR) is 104 cm³/mol. The van der Waals surface area contributed by atoms with Gasteiger partial charge in [0.25, 0.3) is 0 Å². The minimum atomic E-state index is 0.397. The smallest absolute Gasteiger partial charge is 0.222 e. The van der Waals surface area contributed by atoms with Crippen molar-refractivity contribution in [2.75, 3.05) is 24.6 Å². The van der Waals surface area contributed by atoms with E-state index in [2.05, 4.69) is 11.8 Å². The van der Waals surface area contributed by atoms with E-state index in [4.69, 9.17) is 0 Å². The van der Waals surface area contributed by atoms with E-state index < -0.39 is 0 Å². The molecule has 2 nitrogen and oxygen atoms in total. The third-order valence-electron chi connectivity index (χ3n) is 4.86. The summed E-state index contributed by atoms with van der Waals surface area (Å²) in [6, 6.07) is 0. The molecule has 1 amide bonds. The Bertz CT molecular complexity index is 277. The Morgan fingerprint density at radius 2 is 1.17 bits per heavy atom. The van der Waals surface area contributed by atoms with Crippen LogP contribution in [0.25, 0.3) is 0 Å². The van der Waals surface area contributed by atoms with Crippen molar-refractivity contribution in [1.82, 2.24) is 4.90 Å². The lowest BCUT2D eigenvalue weighted by Gasteiger charge is -2.26. The molecule has 1 saturated heterocycles. The number of hydrogen-bond acceptors (Lipinski definition) is 2. The Morgan fingerprint density at radius 3 is 1.65 bits per heavy atom. The van der Waals surface area contributed by atoms with E-state index in [0.29, 0.717) is 5.91 Å². The first-order chi connectivity index (χ1) is 11.3. The molecule has 0 radical (unpaired) electrons. The van der Waals surface area contributed by atoms with E-state index >= 15 is 0 Å². The molecule has 1 aliphatic rings. The molecule has 0 unspecified atom stereocenters. The van der Waals surface area contributed by atoms with E-state index in [1.54, 1.807) is 0 Å². The largest absolute Gasteiger partial charge is 0.341 e. The van der Waals surface area contributed by atoms with Gasteiger partial charge < -0.3 is 4.90 Å². The first-order valence-corrected chi connectivity index (χ1v) is 11.4. The van der Waals surface area contributed by atoms with Crippen LogP contribution in [0.2, 0.25) is 0 Å². The van der Waals surface area contributed by atoms with Gasteiger partial charge in [0.15, 0.2) is 0 Å². The summed E-state index contributed by atoms with van der Waals surface area (Å²) in [6.07, 6.45) is 18.6. The maximum absolute atomic E-state index is 12.0. The predicted octanol–water partition coefficient (Wildman–Crippen LogP) is 6.04. The third kappa shape index (κ3) is 11.9. The van der Waals surface area contributed by atoms with Crippen LogP contribution in [0.1, 0.15) is 96.8 Å². The fraction of sp³-hybridized carbons (Fsp3) is 0.950. The van der Waals surface area contributed by atoms with Crippen molar-refractivity contribution in [2.45, 2.75) is 96.8 Å². The summed E-state index contributed by atoms with van der Waals surface area (Å²) >= 11 is 1.97. The molecule has 0 aromatic rings. The zero-order valence-electron chi connectivity index (χ0n) is 15.5. The number of amides is 1. The first kappa shape index (κ1) is 20.9. The fourth-order valence-corrected chi connectivity index (χ4v) is 4.17. The second-order valence-electron chi connectivity index (χ2n) is 6.99. The summed E-state index contributed by atoms with van der Waals surface area (Å²) in [5, 5.41) is 0. The second-order valence-corrected chi connectivity index (χ2v) is 8.21. The Morgan fingerprint density at radius 1 is 0.739 bits per heavy atom. The van der Waals surface area contributed by atoms with Crippen molar-refractivity contribution in [1.29, 1.82) is 0 Å². The lowest BCUT2D eigenvalue weighted by Crippen LogP contribution is -2.37. The van der Waals surface area contributed by atoms with Crippen molar-refractivity contribution < 1.29 is 4.79 Å². The zero-order chi connectivity index (χ0) is 16.6. The Balaban J connectivity index is 1.76. The fourth-order valence-electron chi connectivity index (χ4n) is 3.26. The standard InChI is InChI=1S/C20H39NOS/c1-2-3-4-5-6-7-8-9-10-11-12-13-14-15-20(22)21-16-18-23-19-17-21/h2-19H2,1H3. The molecule has 0 saturated carbocycles. The monoisotopic (exact) mass is 341 g/mol. The molecule has 3 heteroatoms. The topological polar surface area (TPSA) is 20.3 Å². The van der Waals surface area contributed by atoms with Crippen molar-refractivity contribution in [2.24, 2.45) is 0 Å². The highest BCUT2D eigenvalue weighted by molar-refractivity contribution is 7.99. The van der Waals surface area contributed by atoms with E-state index in [9.17, 15) is 4.79 Å². The van der Waals surface area contributed by atoms with Gasteiger partial charge in [0.1, 0.15) is 0 Å². The maximum atomic E-state index is 12.0. The van der Waals surface area contributed by atoms with Gasteiger partial charge in [-0.3, -0.25) is 4.79 Å². The van der Waals surface area contributed by atoms with Crippen LogP contribution in [-0.4, -0.2) is 35.4 Å². The van der Waals surface area contributed by atoms with Gasteiger partial charge in [0.05, 0.1) is 0 Å². The Kier molecular flexibility index (Phi) is 13.9. The lowest BCUT2D eigenvalue weighted by atomic mass is 10.0. The number of carbonyl (C=O) groups is 1. The lowest BCUT2D eigenvalue weighted by molar-refractivity contribution is -0.130. The van der Waals surface area contributed by atoms with Gasteiger partial charge in [-0.15, -0.1) is 0 Å². The molecule has 0 aromatic heterocycles. The van der Waals surface area contributed by atoms with Gasteiger partial charge in [-0.2, -0.15) is 11.8 Å². The van der Waals surface area contributed by atoms with Gasteiger partial charge in [0, 0.05) is 31.0 Å². The molecule has 23 heavy (non-hydrogen) atoms. The molecule has 1 heterocycles. The van der Waals surface area contributed by atoms with Crippen LogP contribution < -0.4 is 0 Å². The van der Waals surface area contributed by atoms with Crippen LogP contribution in [0.15, 0.2) is 0 Å². The molecule has 136 valence electrons. The Labute approximate surface area is 149 Å². The summed E-state index contributed by atoms with van der Waals surface area (Å²) < 4.78 is 0. The molecular weight excluding hydrogens is 302 g/mol. The van der Waals surface area contributed by atoms with Crippen molar-refractivity contribution in [3.63, 3.8) is 0 Å². The normalized spacial score (nSPS) is 15.1. The third-order valence-corrected chi connectivity index (χ3v) is 5.80. The number of rotatable bonds is 14. The average Bonchev–Trinajstić information content (AvgIpc) is 2.59. The molecule has 0 atom stereocenters. The molecule has 0 N–H and O–H groups in total. The van der Waals surface area contributed by atoms with Crippen LogP contribution in [0.4, 0.5) is 0 Å². The van der Waals surface area contributed by atoms with Crippen LogP contribution in [-0.2, 0) is 4.79 Å². The van der Waals surface area contributed by atoms with Crippen LogP contribution >= 0.6 is 11.8 Å². The highest BCUT2D eigenvalue weighted by Crippen LogP contribution is 2.14. The minimum absolute atomic E-state index is 0.397. The molecule has 0 aliphatic carbocycles. The molecule has 0 spiro atoms. The van der Waals surface area contributed by atoms with Crippen LogP contribution in [0.5, 0.6) is 0 Å². The highest BCUT2D eigenvalue weighted by atomic mass is 32.2. The second kappa shape index (κ2) is 15.4. The van der Waals surface area contributed by atoms with Crippen LogP contribution in [0.3, 0.4) is 0 Å². The van der Waals surface area contributed by atoms with Crippen molar-refractivity contribution in [3.05, 3.63) is 0 Å². The Hall–Kier alpha value is -0.180. The summed E-state index contributed by atoms with van der Waals surface area (Å²) in [4.78, 5) is 14.1. The molecule has 0 bridgehead atoms. The molecule has 1 fully saturated rings.